The summed E-state index contributed by atoms with van der Waals surface area (Å²) in [7, 11) is 0. The molecule has 2 rings (SSSR count). The fourth-order valence-corrected chi connectivity index (χ4v) is 1.90. The Balaban J connectivity index is 2.23. The molecule has 0 aromatic heterocycles. The fraction of sp³-hybridized carbons (Fsp3) is 0.188. The summed E-state index contributed by atoms with van der Waals surface area (Å²) in [4.78, 5) is 12.1. The summed E-state index contributed by atoms with van der Waals surface area (Å²) in [5.41, 5.74) is 4.16. The lowest BCUT2D eigenvalue weighted by Gasteiger charge is -2.10. The second kappa shape index (κ2) is 5.14. The lowest BCUT2D eigenvalue weighted by Crippen LogP contribution is -2.12. The van der Waals surface area contributed by atoms with Crippen molar-refractivity contribution in [2.75, 3.05) is 5.32 Å². The van der Waals surface area contributed by atoms with Crippen molar-refractivity contribution in [3.8, 4) is 5.75 Å². The third-order valence-electron chi connectivity index (χ3n) is 3.10. The second-order valence-corrected chi connectivity index (χ2v) is 4.77. The third kappa shape index (κ3) is 2.94. The van der Waals surface area contributed by atoms with E-state index in [1.165, 1.54) is 6.07 Å². The van der Waals surface area contributed by atoms with Crippen LogP contribution in [-0.2, 0) is 0 Å². The van der Waals surface area contributed by atoms with E-state index in [9.17, 15) is 9.90 Å². The number of phenolic OH excluding ortho intramolecular Hbond substituents is 1. The van der Waals surface area contributed by atoms with Crippen molar-refractivity contribution in [2.24, 2.45) is 0 Å². The first-order valence-electron chi connectivity index (χ1n) is 6.15. The van der Waals surface area contributed by atoms with Crippen LogP contribution in [0.4, 0.5) is 5.69 Å². The Bertz CT molecular complexity index is 633. The molecule has 0 bridgehead atoms. The largest absolute Gasteiger partial charge is 0.508 e. The SMILES string of the molecule is Cc1ccc(NC(=O)c2ccc(C)c(O)c2)c(C)c1. The number of aryl methyl sites for hydroxylation is 3. The van der Waals surface area contributed by atoms with E-state index in [1.807, 2.05) is 32.0 Å². The molecule has 0 radical (unpaired) electrons. The van der Waals surface area contributed by atoms with Crippen LogP contribution in [0.1, 0.15) is 27.0 Å². The van der Waals surface area contributed by atoms with E-state index in [2.05, 4.69) is 5.32 Å². The van der Waals surface area contributed by atoms with Gasteiger partial charge in [0.25, 0.3) is 5.91 Å². The summed E-state index contributed by atoms with van der Waals surface area (Å²) in [5.74, 6) is -0.0875. The lowest BCUT2D eigenvalue weighted by atomic mass is 10.1. The molecule has 0 aliphatic carbocycles. The van der Waals surface area contributed by atoms with Crippen molar-refractivity contribution in [3.05, 3.63) is 58.7 Å². The molecule has 2 aromatic rings. The number of carbonyl (C=O) groups excluding carboxylic acids is 1. The Kier molecular flexibility index (Phi) is 3.56. The van der Waals surface area contributed by atoms with Crippen LogP contribution in [0.15, 0.2) is 36.4 Å². The van der Waals surface area contributed by atoms with Crippen molar-refractivity contribution >= 4 is 11.6 Å². The number of carbonyl (C=O) groups is 1. The maximum Gasteiger partial charge on any atom is 0.255 e. The van der Waals surface area contributed by atoms with Gasteiger partial charge in [-0.15, -0.1) is 0 Å². The topological polar surface area (TPSA) is 49.3 Å². The zero-order valence-electron chi connectivity index (χ0n) is 11.3. The molecule has 3 heteroatoms. The molecule has 3 nitrogen and oxygen atoms in total. The maximum atomic E-state index is 12.1. The van der Waals surface area contributed by atoms with Gasteiger partial charge >= 0.3 is 0 Å². The van der Waals surface area contributed by atoms with Gasteiger partial charge in [-0.2, -0.15) is 0 Å². The highest BCUT2D eigenvalue weighted by molar-refractivity contribution is 6.04. The van der Waals surface area contributed by atoms with Crippen molar-refractivity contribution in [3.63, 3.8) is 0 Å². The van der Waals surface area contributed by atoms with Gasteiger partial charge in [-0.05, 0) is 50.1 Å². The summed E-state index contributed by atoms with van der Waals surface area (Å²) < 4.78 is 0. The van der Waals surface area contributed by atoms with Crippen LogP contribution in [-0.4, -0.2) is 11.0 Å². The summed E-state index contributed by atoms with van der Waals surface area (Å²) in [6.07, 6.45) is 0. The Morgan fingerprint density at radius 3 is 2.37 bits per heavy atom. The van der Waals surface area contributed by atoms with Crippen molar-refractivity contribution in [2.45, 2.75) is 20.8 Å². The number of phenols is 1. The van der Waals surface area contributed by atoms with E-state index in [1.54, 1.807) is 19.1 Å². The molecule has 98 valence electrons. The van der Waals surface area contributed by atoms with Crippen LogP contribution in [0.3, 0.4) is 0 Å². The lowest BCUT2D eigenvalue weighted by molar-refractivity contribution is 0.102. The Morgan fingerprint density at radius 2 is 1.74 bits per heavy atom. The first kappa shape index (κ1) is 13.1. The molecule has 0 aliphatic heterocycles. The first-order valence-corrected chi connectivity index (χ1v) is 6.15. The highest BCUT2D eigenvalue weighted by atomic mass is 16.3. The van der Waals surface area contributed by atoms with Crippen LogP contribution in [0.5, 0.6) is 5.75 Å². The van der Waals surface area contributed by atoms with E-state index >= 15 is 0 Å². The van der Waals surface area contributed by atoms with E-state index < -0.39 is 0 Å². The molecule has 0 saturated carbocycles. The third-order valence-corrected chi connectivity index (χ3v) is 3.10. The van der Waals surface area contributed by atoms with Gasteiger partial charge in [0.2, 0.25) is 0 Å². The Labute approximate surface area is 112 Å². The minimum Gasteiger partial charge on any atom is -0.508 e. The molecular formula is C16H17NO2. The van der Waals surface area contributed by atoms with E-state index in [-0.39, 0.29) is 11.7 Å². The van der Waals surface area contributed by atoms with E-state index in [0.29, 0.717) is 5.56 Å². The number of amides is 1. The van der Waals surface area contributed by atoms with Crippen LogP contribution < -0.4 is 5.32 Å². The molecule has 2 aromatic carbocycles. The molecule has 0 fully saturated rings. The quantitative estimate of drug-likeness (QED) is 0.861. The van der Waals surface area contributed by atoms with Crippen LogP contribution in [0, 0.1) is 20.8 Å². The molecule has 2 N–H and O–H groups in total. The number of aromatic hydroxyl groups is 1. The summed E-state index contributed by atoms with van der Waals surface area (Å²) in [5, 5.41) is 12.5. The van der Waals surface area contributed by atoms with E-state index in [0.717, 1.165) is 22.4 Å². The molecule has 0 unspecified atom stereocenters. The molecule has 19 heavy (non-hydrogen) atoms. The monoisotopic (exact) mass is 255 g/mol. The summed E-state index contributed by atoms with van der Waals surface area (Å²) >= 11 is 0. The number of hydrogen-bond acceptors (Lipinski definition) is 2. The van der Waals surface area contributed by atoms with Crippen molar-refractivity contribution in [1.29, 1.82) is 0 Å². The molecule has 1 amide bonds. The summed E-state index contributed by atoms with van der Waals surface area (Å²) in [6.45, 7) is 5.76. The van der Waals surface area contributed by atoms with Crippen molar-refractivity contribution in [1.82, 2.24) is 0 Å². The Morgan fingerprint density at radius 1 is 1.00 bits per heavy atom. The van der Waals surface area contributed by atoms with Gasteiger partial charge in [-0.3, -0.25) is 4.79 Å². The molecule has 0 saturated heterocycles. The van der Waals surface area contributed by atoms with Gasteiger partial charge in [0, 0.05) is 11.3 Å². The molecule has 0 heterocycles. The zero-order valence-corrected chi connectivity index (χ0v) is 11.3. The average Bonchev–Trinajstić information content (AvgIpc) is 2.36. The minimum atomic E-state index is -0.220. The summed E-state index contributed by atoms with van der Waals surface area (Å²) in [6, 6.07) is 10.8. The van der Waals surface area contributed by atoms with Gasteiger partial charge in [-0.25, -0.2) is 0 Å². The molecule has 0 aliphatic rings. The maximum absolute atomic E-state index is 12.1. The van der Waals surface area contributed by atoms with Crippen LogP contribution in [0.25, 0.3) is 0 Å². The highest BCUT2D eigenvalue weighted by Crippen LogP contribution is 2.20. The molecule has 0 spiro atoms. The molecular weight excluding hydrogens is 238 g/mol. The van der Waals surface area contributed by atoms with Gasteiger partial charge in [0.1, 0.15) is 5.75 Å². The Hall–Kier alpha value is -2.29. The zero-order chi connectivity index (χ0) is 14.0. The minimum absolute atomic E-state index is 0.133. The predicted molar refractivity (Wildman–Crippen MR) is 76.7 cm³/mol. The van der Waals surface area contributed by atoms with Gasteiger partial charge in [-0.1, -0.05) is 23.8 Å². The molecule has 0 atom stereocenters. The highest BCUT2D eigenvalue weighted by Gasteiger charge is 2.09. The number of nitrogens with one attached hydrogen (secondary N) is 1. The number of benzene rings is 2. The standard InChI is InChI=1S/C16H17NO2/c1-10-4-7-14(12(3)8-10)17-16(19)13-6-5-11(2)15(18)9-13/h4-9,18H,1-3H3,(H,17,19). The van der Waals surface area contributed by atoms with Crippen molar-refractivity contribution < 1.29 is 9.90 Å². The predicted octanol–water partition coefficient (Wildman–Crippen LogP) is 3.57. The first-order chi connectivity index (χ1) is 8.97. The second-order valence-electron chi connectivity index (χ2n) is 4.77. The van der Waals surface area contributed by atoms with Gasteiger partial charge in [0.15, 0.2) is 0 Å². The number of hydrogen-bond donors (Lipinski definition) is 2. The van der Waals surface area contributed by atoms with Gasteiger partial charge < -0.3 is 10.4 Å². The fourth-order valence-electron chi connectivity index (χ4n) is 1.90. The van der Waals surface area contributed by atoms with E-state index in [4.69, 9.17) is 0 Å². The van der Waals surface area contributed by atoms with Crippen LogP contribution in [0.2, 0.25) is 0 Å². The normalized spacial score (nSPS) is 10.3. The number of anilines is 1. The number of rotatable bonds is 2. The smallest absolute Gasteiger partial charge is 0.255 e. The average molecular weight is 255 g/mol. The van der Waals surface area contributed by atoms with Crippen LogP contribution >= 0.6 is 0 Å². The van der Waals surface area contributed by atoms with Gasteiger partial charge in [0.05, 0.1) is 0 Å².